The molecule has 5 nitrogen and oxygen atoms in total. The third kappa shape index (κ3) is 3.38. The highest BCUT2D eigenvalue weighted by Crippen LogP contribution is 2.17. The molecule has 0 spiro atoms. The molecule has 0 aliphatic carbocycles. The molecule has 0 amide bonds. The number of rotatable bonds is 4. The van der Waals surface area contributed by atoms with Crippen molar-refractivity contribution in [3.63, 3.8) is 0 Å². The third-order valence-electron chi connectivity index (χ3n) is 2.48. The molecule has 0 bridgehead atoms. The van der Waals surface area contributed by atoms with Gasteiger partial charge in [-0.3, -0.25) is 4.79 Å². The number of hydrogen-bond donors (Lipinski definition) is 1. The van der Waals surface area contributed by atoms with Crippen LogP contribution in [0.2, 0.25) is 0 Å². The van der Waals surface area contributed by atoms with Crippen molar-refractivity contribution >= 4 is 33.0 Å². The molecule has 0 atom stereocenters. The molecule has 2 aromatic carbocycles. The van der Waals surface area contributed by atoms with Crippen molar-refractivity contribution in [2.45, 2.75) is 0 Å². The molecular formula is C13H11NO4S. The minimum absolute atomic E-state index is 0.632. The van der Waals surface area contributed by atoms with Crippen LogP contribution in [0.25, 0.3) is 10.8 Å². The quantitative estimate of drug-likeness (QED) is 0.862. The molecule has 0 fully saturated rings. The van der Waals surface area contributed by atoms with Gasteiger partial charge < -0.3 is 5.11 Å². The van der Waals surface area contributed by atoms with Crippen LogP contribution in [-0.4, -0.2) is 31.5 Å². The van der Waals surface area contributed by atoms with E-state index >= 15 is 0 Å². The SMILES string of the molecule is O=C(O)CS(=O)(=O)/N=C/c1cccc2ccccc12. The van der Waals surface area contributed by atoms with Gasteiger partial charge in [0.15, 0.2) is 5.75 Å². The minimum Gasteiger partial charge on any atom is -0.480 e. The van der Waals surface area contributed by atoms with Gasteiger partial charge in [0.2, 0.25) is 0 Å². The highest BCUT2D eigenvalue weighted by atomic mass is 32.2. The molecule has 19 heavy (non-hydrogen) atoms. The maximum Gasteiger partial charge on any atom is 0.320 e. The lowest BCUT2D eigenvalue weighted by molar-refractivity contribution is -0.134. The van der Waals surface area contributed by atoms with Crippen molar-refractivity contribution in [2.75, 3.05) is 5.75 Å². The number of carboxylic acids is 1. The standard InChI is InChI=1S/C13H11NO4S/c15-13(16)9-19(17,18)14-8-11-6-3-5-10-4-1-2-7-12(10)11/h1-8H,9H2,(H,15,16)/b14-8+. The van der Waals surface area contributed by atoms with E-state index in [4.69, 9.17) is 5.11 Å². The molecule has 0 saturated carbocycles. The van der Waals surface area contributed by atoms with Gasteiger partial charge in [-0.15, -0.1) is 0 Å². The molecule has 0 saturated heterocycles. The first-order valence-electron chi connectivity index (χ1n) is 5.45. The predicted molar refractivity (Wildman–Crippen MR) is 73.0 cm³/mol. The van der Waals surface area contributed by atoms with Gasteiger partial charge >= 0.3 is 5.97 Å². The van der Waals surface area contributed by atoms with E-state index in [0.717, 1.165) is 10.8 Å². The van der Waals surface area contributed by atoms with E-state index in [2.05, 4.69) is 4.40 Å². The van der Waals surface area contributed by atoms with Crippen LogP contribution in [0.1, 0.15) is 5.56 Å². The zero-order valence-electron chi connectivity index (χ0n) is 9.85. The number of carboxylic acid groups (broad SMARTS) is 1. The Kier molecular flexibility index (Phi) is 3.62. The summed E-state index contributed by atoms with van der Waals surface area (Å²) < 4.78 is 26.1. The topological polar surface area (TPSA) is 83.8 Å². The summed E-state index contributed by atoms with van der Waals surface area (Å²) in [5.41, 5.74) is 0.632. The van der Waals surface area contributed by atoms with Crippen molar-refractivity contribution in [1.29, 1.82) is 0 Å². The second-order valence-electron chi connectivity index (χ2n) is 3.92. The van der Waals surface area contributed by atoms with Crippen molar-refractivity contribution in [1.82, 2.24) is 0 Å². The van der Waals surface area contributed by atoms with Crippen molar-refractivity contribution in [2.24, 2.45) is 4.40 Å². The largest absolute Gasteiger partial charge is 0.480 e. The number of nitrogens with zero attached hydrogens (tertiary/aromatic N) is 1. The summed E-state index contributed by atoms with van der Waals surface area (Å²) in [7, 11) is -3.98. The van der Waals surface area contributed by atoms with Crippen LogP contribution >= 0.6 is 0 Å². The summed E-state index contributed by atoms with van der Waals surface area (Å²) in [6, 6.07) is 12.9. The van der Waals surface area contributed by atoms with E-state index in [1.807, 2.05) is 30.3 Å². The van der Waals surface area contributed by atoms with Crippen LogP contribution in [0.3, 0.4) is 0 Å². The van der Waals surface area contributed by atoms with Gasteiger partial charge in [0.25, 0.3) is 10.0 Å². The van der Waals surface area contributed by atoms with Gasteiger partial charge in [0, 0.05) is 11.8 Å². The first-order valence-corrected chi connectivity index (χ1v) is 7.06. The first kappa shape index (κ1) is 13.2. The van der Waals surface area contributed by atoms with E-state index < -0.39 is 21.7 Å². The van der Waals surface area contributed by atoms with Crippen LogP contribution in [0.5, 0.6) is 0 Å². The molecule has 98 valence electrons. The molecule has 0 heterocycles. The van der Waals surface area contributed by atoms with Crippen LogP contribution in [0.15, 0.2) is 46.9 Å². The summed E-state index contributed by atoms with van der Waals surface area (Å²) in [6.45, 7) is 0. The number of benzene rings is 2. The Hall–Kier alpha value is -2.21. The van der Waals surface area contributed by atoms with Gasteiger partial charge in [-0.25, -0.2) is 8.42 Å². The number of aliphatic carboxylic acids is 1. The van der Waals surface area contributed by atoms with E-state index in [1.165, 1.54) is 6.21 Å². The second kappa shape index (κ2) is 5.19. The zero-order chi connectivity index (χ0) is 13.9. The van der Waals surface area contributed by atoms with E-state index in [9.17, 15) is 13.2 Å². The average molecular weight is 277 g/mol. The Morgan fingerprint density at radius 3 is 2.58 bits per heavy atom. The molecule has 1 N–H and O–H groups in total. The Balaban J connectivity index is 2.39. The van der Waals surface area contributed by atoms with Crippen LogP contribution < -0.4 is 0 Å². The normalized spacial score (nSPS) is 12.0. The smallest absolute Gasteiger partial charge is 0.320 e. The van der Waals surface area contributed by atoms with Crippen molar-refractivity contribution in [3.05, 3.63) is 48.0 Å². The molecule has 0 aliphatic heterocycles. The van der Waals surface area contributed by atoms with Gasteiger partial charge in [-0.05, 0) is 10.8 Å². The van der Waals surface area contributed by atoms with Crippen LogP contribution in [0, 0.1) is 0 Å². The minimum atomic E-state index is -3.98. The maximum absolute atomic E-state index is 11.4. The lowest BCUT2D eigenvalue weighted by atomic mass is 10.1. The monoisotopic (exact) mass is 277 g/mol. The number of hydrogen-bond acceptors (Lipinski definition) is 3. The summed E-state index contributed by atoms with van der Waals surface area (Å²) in [4.78, 5) is 10.4. The van der Waals surface area contributed by atoms with Crippen LogP contribution in [-0.2, 0) is 14.8 Å². The zero-order valence-corrected chi connectivity index (χ0v) is 10.7. The highest BCUT2D eigenvalue weighted by molar-refractivity contribution is 7.90. The fourth-order valence-corrected chi connectivity index (χ4v) is 2.35. The van der Waals surface area contributed by atoms with E-state index in [1.54, 1.807) is 12.1 Å². The van der Waals surface area contributed by atoms with Crippen LogP contribution in [0.4, 0.5) is 0 Å². The number of fused-ring (bicyclic) bond motifs is 1. The summed E-state index contributed by atoms with van der Waals surface area (Å²) in [5, 5.41) is 10.3. The predicted octanol–water partition coefficient (Wildman–Crippen LogP) is 1.67. The van der Waals surface area contributed by atoms with E-state index in [0.29, 0.717) is 5.56 Å². The lowest BCUT2D eigenvalue weighted by Crippen LogP contribution is -2.12. The summed E-state index contributed by atoms with van der Waals surface area (Å²) in [5.74, 6) is -2.43. The van der Waals surface area contributed by atoms with Gasteiger partial charge in [0.1, 0.15) is 0 Å². The maximum atomic E-state index is 11.4. The Morgan fingerprint density at radius 1 is 1.16 bits per heavy atom. The molecule has 6 heteroatoms. The number of sulfonamides is 1. The Morgan fingerprint density at radius 2 is 1.84 bits per heavy atom. The number of carbonyl (C=O) groups is 1. The molecular weight excluding hydrogens is 266 g/mol. The average Bonchev–Trinajstić information content (AvgIpc) is 2.35. The van der Waals surface area contributed by atoms with Gasteiger partial charge in [0.05, 0.1) is 0 Å². The fourth-order valence-electron chi connectivity index (χ4n) is 1.69. The second-order valence-corrected chi connectivity index (χ2v) is 5.59. The van der Waals surface area contributed by atoms with Crippen molar-refractivity contribution in [3.8, 4) is 0 Å². The van der Waals surface area contributed by atoms with Crippen molar-refractivity contribution < 1.29 is 18.3 Å². The van der Waals surface area contributed by atoms with Gasteiger partial charge in [-0.1, -0.05) is 42.5 Å². The lowest BCUT2D eigenvalue weighted by Gasteiger charge is -2.01. The molecule has 0 unspecified atom stereocenters. The Bertz CT molecular complexity index is 745. The summed E-state index contributed by atoms with van der Waals surface area (Å²) >= 11 is 0. The molecule has 2 rings (SSSR count). The molecule has 0 aliphatic rings. The molecule has 2 aromatic rings. The fraction of sp³-hybridized carbons (Fsp3) is 0.0769. The first-order chi connectivity index (χ1) is 8.98. The third-order valence-corrected chi connectivity index (χ3v) is 3.52. The Labute approximate surface area is 110 Å². The highest BCUT2D eigenvalue weighted by Gasteiger charge is 2.13. The molecule has 0 aromatic heterocycles. The molecule has 0 radical (unpaired) electrons. The summed E-state index contributed by atoms with van der Waals surface area (Å²) in [6.07, 6.45) is 1.18. The van der Waals surface area contributed by atoms with Gasteiger partial charge in [-0.2, -0.15) is 4.40 Å². The van der Waals surface area contributed by atoms with E-state index in [-0.39, 0.29) is 0 Å².